The van der Waals surface area contributed by atoms with Crippen LogP contribution in [-0.2, 0) is 4.74 Å². The van der Waals surface area contributed by atoms with Crippen molar-refractivity contribution in [1.82, 2.24) is 0 Å². The average Bonchev–Trinajstić information content (AvgIpc) is 2.07. The Bertz CT molecular complexity index is 58.4. The Balaban J connectivity index is 0. The summed E-state index contributed by atoms with van der Waals surface area (Å²) in [6.07, 6.45) is 1.54. The number of aliphatic hydroxyl groups is 2. The molecule has 0 aliphatic heterocycles. The molecule has 2 unspecified atom stereocenters. The lowest BCUT2D eigenvalue weighted by Gasteiger charge is -2.12. The third-order valence-electron chi connectivity index (χ3n) is 1.48. The summed E-state index contributed by atoms with van der Waals surface area (Å²) in [6.45, 7) is 3.92. The quantitative estimate of drug-likeness (QED) is 0.646. The maximum Gasteiger partial charge on any atom is 0.0567 e. The van der Waals surface area contributed by atoms with Crippen LogP contribution in [0.25, 0.3) is 0 Å². The molecule has 0 amide bonds. The van der Waals surface area contributed by atoms with Crippen LogP contribution in [0.1, 0.15) is 26.7 Å². The van der Waals surface area contributed by atoms with Gasteiger partial charge in [0.25, 0.3) is 0 Å². The molecule has 2 N–H and O–H groups in total. The molecule has 0 saturated heterocycles. The van der Waals surface area contributed by atoms with E-state index in [1.54, 1.807) is 7.11 Å². The molecule has 0 spiro atoms. The Morgan fingerprint density at radius 1 is 1.36 bits per heavy atom. The van der Waals surface area contributed by atoms with Gasteiger partial charge in [0.15, 0.2) is 0 Å². The van der Waals surface area contributed by atoms with E-state index in [0.717, 1.165) is 20.0 Å². The van der Waals surface area contributed by atoms with Gasteiger partial charge in [-0.2, -0.15) is 0 Å². The number of hydrogen-bond donors (Lipinski definition) is 2. The first-order chi connectivity index (χ1) is 5.20. The highest BCUT2D eigenvalue weighted by atomic mass is 16.5. The molecule has 0 aromatic heterocycles. The Morgan fingerprint density at radius 2 is 1.82 bits per heavy atom. The molecule has 0 aliphatic rings. The predicted octanol–water partition coefficient (Wildman–Crippen LogP) is 0.791. The number of aliphatic hydroxyl groups excluding tert-OH is 2. The fourth-order valence-electron chi connectivity index (χ4n) is 0.646. The molecule has 2 atom stereocenters. The topological polar surface area (TPSA) is 49.7 Å². The first-order valence-electron chi connectivity index (χ1n) is 3.86. The van der Waals surface area contributed by atoms with Gasteiger partial charge >= 0.3 is 0 Å². The van der Waals surface area contributed by atoms with Gasteiger partial charge in [0, 0.05) is 14.2 Å². The van der Waals surface area contributed by atoms with Gasteiger partial charge in [-0.05, 0) is 19.8 Å². The van der Waals surface area contributed by atoms with Crippen LogP contribution in [0.3, 0.4) is 0 Å². The van der Waals surface area contributed by atoms with Crippen molar-refractivity contribution >= 4 is 0 Å². The average molecular weight is 164 g/mol. The van der Waals surface area contributed by atoms with Crippen molar-refractivity contribution in [2.24, 2.45) is 0 Å². The Kier molecular flexibility index (Phi) is 12.1. The number of methoxy groups -OCH3 is 1. The fraction of sp³-hybridized carbons (Fsp3) is 1.00. The highest BCUT2D eigenvalue weighted by Gasteiger charge is 2.05. The molecule has 0 aromatic carbocycles. The largest absolute Gasteiger partial charge is 0.400 e. The Morgan fingerprint density at radius 3 is 2.09 bits per heavy atom. The zero-order valence-electron chi connectivity index (χ0n) is 7.87. The predicted molar refractivity (Wildman–Crippen MR) is 45.5 cm³/mol. The van der Waals surface area contributed by atoms with Gasteiger partial charge in [0.1, 0.15) is 0 Å². The van der Waals surface area contributed by atoms with Crippen LogP contribution in [0, 0.1) is 0 Å². The van der Waals surface area contributed by atoms with Crippen LogP contribution >= 0.6 is 0 Å². The molecular weight excluding hydrogens is 144 g/mol. The minimum Gasteiger partial charge on any atom is -0.400 e. The van der Waals surface area contributed by atoms with Gasteiger partial charge in [0.05, 0.1) is 12.2 Å². The van der Waals surface area contributed by atoms with Gasteiger partial charge in [-0.15, -0.1) is 0 Å². The Hall–Kier alpha value is -0.120. The molecule has 3 heteroatoms. The van der Waals surface area contributed by atoms with Crippen LogP contribution in [0.2, 0.25) is 0 Å². The smallest absolute Gasteiger partial charge is 0.0567 e. The minimum atomic E-state index is -0.194. The molecule has 0 radical (unpaired) electrons. The lowest BCUT2D eigenvalue weighted by molar-refractivity contribution is 0.0549. The van der Waals surface area contributed by atoms with E-state index < -0.39 is 0 Å². The minimum absolute atomic E-state index is 0.181. The summed E-state index contributed by atoms with van der Waals surface area (Å²) in [5.74, 6) is 0. The van der Waals surface area contributed by atoms with Gasteiger partial charge in [-0.3, -0.25) is 0 Å². The number of rotatable bonds is 4. The van der Waals surface area contributed by atoms with Crippen molar-refractivity contribution in [2.45, 2.75) is 38.9 Å². The van der Waals surface area contributed by atoms with Gasteiger partial charge in [-0.1, -0.05) is 6.92 Å². The van der Waals surface area contributed by atoms with Crippen molar-refractivity contribution in [3.63, 3.8) is 0 Å². The van der Waals surface area contributed by atoms with Crippen molar-refractivity contribution in [2.75, 3.05) is 14.2 Å². The zero-order chi connectivity index (χ0) is 9.28. The highest BCUT2D eigenvalue weighted by molar-refractivity contribution is 4.57. The molecular formula is C8H20O3. The van der Waals surface area contributed by atoms with Crippen molar-refractivity contribution in [3.8, 4) is 0 Å². The van der Waals surface area contributed by atoms with E-state index in [-0.39, 0.29) is 12.2 Å². The van der Waals surface area contributed by atoms with Gasteiger partial charge in [-0.25, -0.2) is 0 Å². The first kappa shape index (κ1) is 13.5. The van der Waals surface area contributed by atoms with Gasteiger partial charge < -0.3 is 14.9 Å². The maximum absolute atomic E-state index is 9.08. The van der Waals surface area contributed by atoms with E-state index in [9.17, 15) is 0 Å². The molecule has 0 fully saturated rings. The normalized spacial score (nSPS) is 14.7. The molecule has 3 nitrogen and oxygen atoms in total. The third-order valence-corrected chi connectivity index (χ3v) is 1.48. The van der Waals surface area contributed by atoms with Crippen LogP contribution < -0.4 is 0 Å². The molecule has 0 aromatic rings. The summed E-state index contributed by atoms with van der Waals surface area (Å²) in [4.78, 5) is 0. The second-order valence-corrected chi connectivity index (χ2v) is 2.34. The van der Waals surface area contributed by atoms with Crippen LogP contribution in [-0.4, -0.2) is 36.6 Å². The van der Waals surface area contributed by atoms with Gasteiger partial charge in [0.2, 0.25) is 0 Å². The molecule has 0 aliphatic carbocycles. The van der Waals surface area contributed by atoms with Crippen LogP contribution in [0.15, 0.2) is 0 Å². The summed E-state index contributed by atoms with van der Waals surface area (Å²) in [7, 11) is 2.66. The number of ether oxygens (including phenoxy) is 1. The maximum atomic E-state index is 9.08. The Labute approximate surface area is 69.0 Å². The number of hydrogen-bond acceptors (Lipinski definition) is 3. The van der Waals surface area contributed by atoms with Crippen molar-refractivity contribution in [3.05, 3.63) is 0 Å². The van der Waals surface area contributed by atoms with Crippen LogP contribution in [0.4, 0.5) is 0 Å². The van der Waals surface area contributed by atoms with E-state index in [2.05, 4.69) is 0 Å². The summed E-state index contributed by atoms with van der Waals surface area (Å²) in [6, 6.07) is 0. The second-order valence-electron chi connectivity index (χ2n) is 2.34. The highest BCUT2D eigenvalue weighted by Crippen LogP contribution is 2.03. The van der Waals surface area contributed by atoms with Crippen molar-refractivity contribution < 1.29 is 14.9 Å². The van der Waals surface area contributed by atoms with Crippen LogP contribution in [0.5, 0.6) is 0 Å². The summed E-state index contributed by atoms with van der Waals surface area (Å²) >= 11 is 0. The molecule has 11 heavy (non-hydrogen) atoms. The van der Waals surface area contributed by atoms with E-state index in [0.29, 0.717) is 0 Å². The molecule has 70 valence electrons. The van der Waals surface area contributed by atoms with E-state index in [1.807, 2.05) is 13.8 Å². The van der Waals surface area contributed by atoms with E-state index in [4.69, 9.17) is 14.9 Å². The monoisotopic (exact) mass is 164 g/mol. The van der Waals surface area contributed by atoms with E-state index in [1.165, 1.54) is 0 Å². The SMILES string of the molecule is CCC(O)CC(C)OC.CO. The standard InChI is InChI=1S/C7H16O2.CH4O/c1-4-7(8)5-6(2)9-3;1-2/h6-8H,4-5H2,1-3H3;2H,1H3. The zero-order valence-corrected chi connectivity index (χ0v) is 7.87. The molecule has 0 rings (SSSR count). The lowest BCUT2D eigenvalue weighted by atomic mass is 10.1. The molecule has 0 saturated carbocycles. The first-order valence-corrected chi connectivity index (χ1v) is 3.86. The second kappa shape index (κ2) is 9.88. The molecule has 0 bridgehead atoms. The van der Waals surface area contributed by atoms with Crippen molar-refractivity contribution in [1.29, 1.82) is 0 Å². The molecule has 0 heterocycles. The summed E-state index contributed by atoms with van der Waals surface area (Å²) < 4.78 is 4.96. The summed E-state index contributed by atoms with van der Waals surface area (Å²) in [5, 5.41) is 16.1. The third kappa shape index (κ3) is 9.88. The lowest BCUT2D eigenvalue weighted by Crippen LogP contribution is -2.15. The van der Waals surface area contributed by atoms with E-state index >= 15 is 0 Å². The summed E-state index contributed by atoms with van der Waals surface area (Å²) in [5.41, 5.74) is 0. The fourth-order valence-corrected chi connectivity index (χ4v) is 0.646.